The van der Waals surface area contributed by atoms with Gasteiger partial charge in [0.05, 0.1) is 33.9 Å². The normalized spacial score (nSPS) is 15.0. The lowest BCUT2D eigenvalue weighted by molar-refractivity contribution is -0.870. The summed E-state index contributed by atoms with van der Waals surface area (Å²) in [4.78, 5) is 35.4. The van der Waals surface area contributed by atoms with E-state index in [0.29, 0.717) is 30.3 Å². The first-order chi connectivity index (χ1) is 28.4. The van der Waals surface area contributed by atoms with Gasteiger partial charge in [-0.25, -0.2) is 4.57 Å². The third kappa shape index (κ3) is 42.8. The lowest BCUT2D eigenvalue weighted by atomic mass is 10.1. The Balaban J connectivity index is 4.62. The largest absolute Gasteiger partial charge is 0.472 e. The van der Waals surface area contributed by atoms with E-state index in [-0.39, 0.29) is 26.1 Å². The minimum Gasteiger partial charge on any atom is -0.462 e. The molecule has 336 valence electrons. The number of carbonyl (C=O) groups is 2. The minimum absolute atomic E-state index is 0.00877. The number of allylic oxidation sites excluding steroid dienone is 15. The second-order valence-corrected chi connectivity index (χ2v) is 17.0. The number of quaternary nitrogens is 1. The van der Waals surface area contributed by atoms with Crippen molar-refractivity contribution in [2.45, 2.75) is 148 Å². The number of nitrogens with zero attached hydrogens (tertiary/aromatic N) is 1. The molecule has 0 aromatic heterocycles. The van der Waals surface area contributed by atoms with Gasteiger partial charge in [0.1, 0.15) is 19.8 Å². The van der Waals surface area contributed by atoms with E-state index in [1.54, 1.807) is 12.2 Å². The first-order valence-corrected chi connectivity index (χ1v) is 23.6. The van der Waals surface area contributed by atoms with Crippen LogP contribution in [0.3, 0.4) is 0 Å². The minimum atomic E-state index is -4.43. The Kier molecular flexibility index (Phi) is 37.0. The van der Waals surface area contributed by atoms with Crippen LogP contribution in [-0.2, 0) is 32.7 Å². The van der Waals surface area contributed by atoms with Crippen molar-refractivity contribution in [3.05, 3.63) is 97.2 Å². The fourth-order valence-corrected chi connectivity index (χ4v) is 5.97. The van der Waals surface area contributed by atoms with Gasteiger partial charge in [0.2, 0.25) is 0 Å². The summed E-state index contributed by atoms with van der Waals surface area (Å²) in [5, 5.41) is 10.3. The summed E-state index contributed by atoms with van der Waals surface area (Å²) >= 11 is 0. The second-order valence-electron chi connectivity index (χ2n) is 15.5. The Bertz CT molecular complexity index is 1340. The van der Waals surface area contributed by atoms with Crippen LogP contribution < -0.4 is 0 Å². The molecule has 0 aliphatic carbocycles. The molecule has 0 spiro atoms. The predicted octanol–water partition coefficient (Wildman–Crippen LogP) is 11.5. The van der Waals surface area contributed by atoms with E-state index in [9.17, 15) is 24.2 Å². The van der Waals surface area contributed by atoms with Gasteiger partial charge in [-0.3, -0.25) is 18.6 Å². The van der Waals surface area contributed by atoms with Crippen molar-refractivity contribution in [3.8, 4) is 0 Å². The number of unbranched alkanes of at least 4 members (excludes halogenated alkanes) is 7. The van der Waals surface area contributed by atoms with Crippen molar-refractivity contribution >= 4 is 19.8 Å². The molecule has 0 saturated carbocycles. The molecule has 0 saturated heterocycles. The molecule has 3 atom stereocenters. The maximum absolute atomic E-state index is 12.7. The molecule has 0 aromatic rings. The highest BCUT2D eigenvalue weighted by molar-refractivity contribution is 7.47. The number of carbonyl (C=O) groups excluding carboxylic acids is 2. The van der Waals surface area contributed by atoms with Gasteiger partial charge >= 0.3 is 19.8 Å². The van der Waals surface area contributed by atoms with Gasteiger partial charge in [0.25, 0.3) is 0 Å². The van der Waals surface area contributed by atoms with Gasteiger partial charge in [-0.1, -0.05) is 137 Å². The summed E-state index contributed by atoms with van der Waals surface area (Å²) in [6.45, 7) is 4.00. The fraction of sp³-hybridized carbons (Fsp3) is 0.625. The molecular weight excluding hydrogens is 765 g/mol. The van der Waals surface area contributed by atoms with Gasteiger partial charge in [-0.05, 0) is 83.5 Å². The molecule has 10 nitrogen and oxygen atoms in total. The van der Waals surface area contributed by atoms with E-state index in [0.717, 1.165) is 64.2 Å². The lowest BCUT2D eigenvalue weighted by Crippen LogP contribution is -2.37. The molecular formula is C48H81NO9P+. The number of ether oxygens (including phenoxy) is 2. The summed E-state index contributed by atoms with van der Waals surface area (Å²) < 4.78 is 34.1. The third-order valence-electron chi connectivity index (χ3n) is 8.70. The van der Waals surface area contributed by atoms with Crippen LogP contribution in [0, 0.1) is 0 Å². The second kappa shape index (κ2) is 39.1. The SMILES string of the molecule is CC/C=C\C/C=C\C/C=C\C/C=C\C=C\C(O)CCCC(=O)OC[C@H](COP(=O)(O)OCC[N+](C)(C)C)OC(=O)CCCCCC/C=C\C/C=C\C/C=C\CCCCC. The van der Waals surface area contributed by atoms with Crippen molar-refractivity contribution in [1.82, 2.24) is 0 Å². The maximum atomic E-state index is 12.7. The standard InChI is InChI=1S/C48H80NO9P/c1-6-8-10-12-14-16-18-20-21-22-23-25-27-29-31-33-35-39-48(52)58-46(44-57-59(53,54)56-42-41-49(3,4)5)43-55-47(51)40-36-38-45(50)37-34-32-30-28-26-24-19-17-15-13-11-9-7-2/h9,11,14-17,20-21,23-26,30,32,34,37,45-46,50H,6-8,10,12-13,18-19,22,27-29,31,33,35-36,38-44H2,1-5H3/p+1/b11-9-,16-14-,17-15-,21-20-,25-23-,26-24-,32-30-,37-34+/t45?,46-/m1/s1. The lowest BCUT2D eigenvalue weighted by Gasteiger charge is -2.24. The quantitative estimate of drug-likeness (QED) is 0.0156. The molecule has 11 heteroatoms. The van der Waals surface area contributed by atoms with E-state index in [1.807, 2.05) is 33.3 Å². The average Bonchev–Trinajstić information content (AvgIpc) is 3.18. The zero-order chi connectivity index (χ0) is 43.7. The number of esters is 2. The number of aliphatic hydroxyl groups excluding tert-OH is 1. The molecule has 2 unspecified atom stereocenters. The van der Waals surface area contributed by atoms with Crippen LogP contribution in [-0.4, -0.2) is 86.1 Å². The molecule has 2 N–H and O–H groups in total. The molecule has 0 aliphatic rings. The Morgan fingerprint density at radius 2 is 1.17 bits per heavy atom. The Morgan fingerprint density at radius 3 is 1.76 bits per heavy atom. The van der Waals surface area contributed by atoms with Gasteiger partial charge in [-0.15, -0.1) is 0 Å². The Labute approximate surface area is 358 Å². The average molecular weight is 847 g/mol. The van der Waals surface area contributed by atoms with Gasteiger partial charge in [-0.2, -0.15) is 0 Å². The smallest absolute Gasteiger partial charge is 0.462 e. The van der Waals surface area contributed by atoms with Crippen molar-refractivity contribution in [1.29, 1.82) is 0 Å². The van der Waals surface area contributed by atoms with E-state index < -0.39 is 38.6 Å². The topological polar surface area (TPSA) is 129 Å². The van der Waals surface area contributed by atoms with Gasteiger partial charge < -0.3 is 24.0 Å². The summed E-state index contributed by atoms with van der Waals surface area (Å²) in [6, 6.07) is 0. The van der Waals surface area contributed by atoms with E-state index >= 15 is 0 Å². The molecule has 0 aromatic carbocycles. The van der Waals surface area contributed by atoms with E-state index in [4.69, 9.17) is 18.5 Å². The first kappa shape index (κ1) is 55.9. The number of phosphoric ester groups is 1. The monoisotopic (exact) mass is 847 g/mol. The van der Waals surface area contributed by atoms with Crippen molar-refractivity contribution in [2.24, 2.45) is 0 Å². The first-order valence-electron chi connectivity index (χ1n) is 22.1. The zero-order valence-corrected chi connectivity index (χ0v) is 38.2. The summed E-state index contributed by atoms with van der Waals surface area (Å²) in [5.74, 6) is -1.04. The van der Waals surface area contributed by atoms with Crippen molar-refractivity contribution in [3.63, 3.8) is 0 Å². The van der Waals surface area contributed by atoms with Crippen LogP contribution in [0.4, 0.5) is 0 Å². The third-order valence-corrected chi connectivity index (χ3v) is 9.69. The van der Waals surface area contributed by atoms with Crippen molar-refractivity contribution in [2.75, 3.05) is 47.5 Å². The number of likely N-dealkylation sites (N-methyl/N-ethyl adjacent to an activating group) is 1. The maximum Gasteiger partial charge on any atom is 0.472 e. The van der Waals surface area contributed by atoms with Crippen LogP contribution in [0.15, 0.2) is 97.2 Å². The van der Waals surface area contributed by atoms with E-state index in [1.165, 1.54) is 25.7 Å². The molecule has 0 heterocycles. The summed E-state index contributed by atoms with van der Waals surface area (Å²) in [6.07, 6.45) is 47.7. The zero-order valence-electron chi connectivity index (χ0n) is 37.3. The molecule has 0 amide bonds. The Hall–Kier alpha value is -3.11. The number of rotatable bonds is 38. The van der Waals surface area contributed by atoms with Crippen molar-refractivity contribution < 1.29 is 47.2 Å². The Morgan fingerprint density at radius 1 is 0.627 bits per heavy atom. The van der Waals surface area contributed by atoms with Gasteiger partial charge in [0.15, 0.2) is 6.10 Å². The van der Waals surface area contributed by atoms with Crippen LogP contribution >= 0.6 is 7.82 Å². The molecule has 0 bridgehead atoms. The number of hydrogen-bond acceptors (Lipinski definition) is 8. The van der Waals surface area contributed by atoms with Gasteiger partial charge in [0, 0.05) is 12.8 Å². The molecule has 59 heavy (non-hydrogen) atoms. The number of phosphoric acid groups is 1. The molecule has 0 rings (SSSR count). The summed E-state index contributed by atoms with van der Waals surface area (Å²) in [5.41, 5.74) is 0. The molecule has 0 radical (unpaired) electrons. The number of hydrogen-bond donors (Lipinski definition) is 2. The van der Waals surface area contributed by atoms with E-state index in [2.05, 4.69) is 86.8 Å². The fourth-order valence-electron chi connectivity index (χ4n) is 5.22. The van der Waals surface area contributed by atoms with Crippen LogP contribution in [0.25, 0.3) is 0 Å². The number of aliphatic hydroxyl groups is 1. The highest BCUT2D eigenvalue weighted by Gasteiger charge is 2.27. The highest BCUT2D eigenvalue weighted by atomic mass is 31.2. The summed E-state index contributed by atoms with van der Waals surface area (Å²) in [7, 11) is 1.34. The highest BCUT2D eigenvalue weighted by Crippen LogP contribution is 2.43. The van der Waals surface area contributed by atoms with Crippen LogP contribution in [0.1, 0.15) is 136 Å². The predicted molar refractivity (Wildman–Crippen MR) is 244 cm³/mol. The van der Waals surface area contributed by atoms with Crippen LogP contribution in [0.5, 0.6) is 0 Å². The molecule has 0 fully saturated rings. The molecule has 0 aliphatic heterocycles. The van der Waals surface area contributed by atoms with Crippen LogP contribution in [0.2, 0.25) is 0 Å².